The van der Waals surface area contributed by atoms with Crippen LogP contribution in [0.15, 0.2) is 22.7 Å². The molecule has 1 aliphatic rings. The summed E-state index contributed by atoms with van der Waals surface area (Å²) in [6, 6.07) is 7.27. The van der Waals surface area contributed by atoms with E-state index < -0.39 is 0 Å². The quantitative estimate of drug-likeness (QED) is 0.824. The van der Waals surface area contributed by atoms with Crippen LogP contribution in [0, 0.1) is 5.92 Å². The summed E-state index contributed by atoms with van der Waals surface area (Å²) < 4.78 is 1.18. The highest BCUT2D eigenvalue weighted by atomic mass is 79.9. The lowest BCUT2D eigenvalue weighted by Crippen LogP contribution is -2.24. The van der Waals surface area contributed by atoms with Gasteiger partial charge in [0, 0.05) is 16.2 Å². The molecule has 1 aliphatic carbocycles. The Morgan fingerprint density at radius 2 is 2.12 bits per heavy atom. The van der Waals surface area contributed by atoms with Crippen molar-refractivity contribution < 1.29 is 0 Å². The Morgan fingerprint density at radius 1 is 1.29 bits per heavy atom. The molecule has 1 aromatic carbocycles. The molecule has 1 saturated carbocycles. The summed E-state index contributed by atoms with van der Waals surface area (Å²) in [6.07, 6.45) is 6.50. The molecular formula is C15H22BrN. The predicted molar refractivity (Wildman–Crippen MR) is 78.6 cm³/mol. The molecule has 0 heterocycles. The molecule has 2 atom stereocenters. The highest BCUT2D eigenvalue weighted by molar-refractivity contribution is 9.10. The fraction of sp³-hybridized carbons (Fsp3) is 0.600. The van der Waals surface area contributed by atoms with Gasteiger partial charge in [-0.1, -0.05) is 42.6 Å². The third-order valence-electron chi connectivity index (χ3n) is 3.97. The first-order chi connectivity index (χ1) is 8.24. The third-order valence-corrected chi connectivity index (χ3v) is 4.47. The number of benzene rings is 1. The van der Waals surface area contributed by atoms with Crippen LogP contribution in [-0.4, -0.2) is 6.04 Å². The van der Waals surface area contributed by atoms with Crippen LogP contribution >= 0.6 is 15.9 Å². The van der Waals surface area contributed by atoms with Gasteiger partial charge >= 0.3 is 0 Å². The minimum absolute atomic E-state index is 0.687. The normalized spacial score (nSPS) is 23.9. The van der Waals surface area contributed by atoms with Crippen molar-refractivity contribution in [2.75, 3.05) is 5.32 Å². The number of anilines is 1. The van der Waals surface area contributed by atoms with Gasteiger partial charge < -0.3 is 5.32 Å². The molecule has 0 bridgehead atoms. The molecule has 1 nitrogen and oxygen atoms in total. The van der Waals surface area contributed by atoms with E-state index in [1.165, 1.54) is 41.4 Å². The SMILES string of the molecule is CCc1cc(Br)ccc1NC1CCCC1CC. The van der Waals surface area contributed by atoms with Gasteiger partial charge in [0.15, 0.2) is 0 Å². The highest BCUT2D eigenvalue weighted by Crippen LogP contribution is 2.32. The van der Waals surface area contributed by atoms with E-state index in [4.69, 9.17) is 0 Å². The first-order valence-corrected chi connectivity index (χ1v) is 7.58. The number of hydrogen-bond donors (Lipinski definition) is 1. The van der Waals surface area contributed by atoms with E-state index >= 15 is 0 Å². The molecule has 0 aliphatic heterocycles. The standard InChI is InChI=1S/C15H22BrN/c1-3-11-6-5-7-14(11)17-15-9-8-13(16)10-12(15)4-2/h8-11,14,17H,3-7H2,1-2H3. The fourth-order valence-electron chi connectivity index (χ4n) is 2.91. The minimum atomic E-state index is 0.687. The van der Waals surface area contributed by atoms with E-state index in [9.17, 15) is 0 Å². The molecule has 1 fully saturated rings. The topological polar surface area (TPSA) is 12.0 Å². The largest absolute Gasteiger partial charge is 0.382 e. The Labute approximate surface area is 113 Å². The van der Waals surface area contributed by atoms with Crippen LogP contribution in [0.25, 0.3) is 0 Å². The first kappa shape index (κ1) is 12.9. The van der Waals surface area contributed by atoms with Crippen LogP contribution in [0.2, 0.25) is 0 Å². The molecule has 0 radical (unpaired) electrons. The summed E-state index contributed by atoms with van der Waals surface area (Å²) in [7, 11) is 0. The van der Waals surface area contributed by atoms with E-state index in [2.05, 4.69) is 53.3 Å². The van der Waals surface area contributed by atoms with Gasteiger partial charge in [-0.05, 0) is 48.9 Å². The number of halogens is 1. The molecule has 0 aromatic heterocycles. The smallest absolute Gasteiger partial charge is 0.0375 e. The third kappa shape index (κ3) is 3.04. The zero-order chi connectivity index (χ0) is 12.3. The lowest BCUT2D eigenvalue weighted by atomic mass is 9.99. The fourth-order valence-corrected chi connectivity index (χ4v) is 3.32. The van der Waals surface area contributed by atoms with Gasteiger partial charge in [0.2, 0.25) is 0 Å². The molecule has 2 unspecified atom stereocenters. The van der Waals surface area contributed by atoms with Gasteiger partial charge in [-0.15, -0.1) is 0 Å². The lowest BCUT2D eigenvalue weighted by Gasteiger charge is -2.22. The zero-order valence-electron chi connectivity index (χ0n) is 10.8. The Morgan fingerprint density at radius 3 is 2.82 bits per heavy atom. The lowest BCUT2D eigenvalue weighted by molar-refractivity contribution is 0.489. The highest BCUT2D eigenvalue weighted by Gasteiger charge is 2.25. The maximum Gasteiger partial charge on any atom is 0.0375 e. The molecule has 17 heavy (non-hydrogen) atoms. The van der Waals surface area contributed by atoms with Crippen LogP contribution in [0.5, 0.6) is 0 Å². The predicted octanol–water partition coefficient (Wildman–Crippen LogP) is 5.00. The van der Waals surface area contributed by atoms with Crippen molar-refractivity contribution >= 4 is 21.6 Å². The molecule has 1 aromatic rings. The van der Waals surface area contributed by atoms with Crippen LogP contribution in [0.1, 0.15) is 45.1 Å². The molecule has 2 rings (SSSR count). The van der Waals surface area contributed by atoms with E-state index in [0.717, 1.165) is 12.3 Å². The number of rotatable bonds is 4. The van der Waals surface area contributed by atoms with Crippen LogP contribution in [0.4, 0.5) is 5.69 Å². The van der Waals surface area contributed by atoms with E-state index in [-0.39, 0.29) is 0 Å². The first-order valence-electron chi connectivity index (χ1n) is 6.79. The van der Waals surface area contributed by atoms with Gasteiger partial charge in [0.25, 0.3) is 0 Å². The molecule has 2 heteroatoms. The molecule has 94 valence electrons. The average Bonchev–Trinajstić information content (AvgIpc) is 2.78. The van der Waals surface area contributed by atoms with Crippen molar-refractivity contribution in [2.24, 2.45) is 5.92 Å². The van der Waals surface area contributed by atoms with Crippen molar-refractivity contribution in [3.05, 3.63) is 28.2 Å². The second kappa shape index (κ2) is 5.90. The van der Waals surface area contributed by atoms with Crippen LogP contribution in [0.3, 0.4) is 0 Å². The second-order valence-electron chi connectivity index (χ2n) is 5.01. The van der Waals surface area contributed by atoms with Crippen molar-refractivity contribution in [1.82, 2.24) is 0 Å². The van der Waals surface area contributed by atoms with E-state index in [1.807, 2.05) is 0 Å². The maximum absolute atomic E-state index is 3.77. The Bertz CT molecular complexity index is 375. The number of nitrogens with one attached hydrogen (secondary N) is 1. The molecule has 0 amide bonds. The summed E-state index contributed by atoms with van der Waals surface area (Å²) in [5.41, 5.74) is 2.75. The molecule has 1 N–H and O–H groups in total. The molecular weight excluding hydrogens is 274 g/mol. The Hall–Kier alpha value is -0.500. The summed E-state index contributed by atoms with van der Waals surface area (Å²) in [5, 5.41) is 3.77. The van der Waals surface area contributed by atoms with E-state index in [1.54, 1.807) is 0 Å². The van der Waals surface area contributed by atoms with Crippen molar-refractivity contribution in [3.8, 4) is 0 Å². The van der Waals surface area contributed by atoms with Gasteiger partial charge in [-0.25, -0.2) is 0 Å². The van der Waals surface area contributed by atoms with Gasteiger partial charge in [0.1, 0.15) is 0 Å². The Kier molecular flexibility index (Phi) is 4.49. The summed E-state index contributed by atoms with van der Waals surface area (Å²) in [6.45, 7) is 4.53. The maximum atomic E-state index is 3.77. The second-order valence-corrected chi connectivity index (χ2v) is 5.92. The number of aryl methyl sites for hydroxylation is 1. The van der Waals surface area contributed by atoms with Crippen LogP contribution < -0.4 is 5.32 Å². The summed E-state index contributed by atoms with van der Waals surface area (Å²) >= 11 is 3.55. The van der Waals surface area contributed by atoms with Crippen molar-refractivity contribution in [2.45, 2.75) is 52.0 Å². The minimum Gasteiger partial charge on any atom is -0.382 e. The van der Waals surface area contributed by atoms with Crippen molar-refractivity contribution in [1.29, 1.82) is 0 Å². The van der Waals surface area contributed by atoms with Gasteiger partial charge in [-0.2, -0.15) is 0 Å². The molecule has 0 spiro atoms. The summed E-state index contributed by atoms with van der Waals surface area (Å²) in [5.74, 6) is 0.864. The summed E-state index contributed by atoms with van der Waals surface area (Å²) in [4.78, 5) is 0. The van der Waals surface area contributed by atoms with Gasteiger partial charge in [0.05, 0.1) is 0 Å². The Balaban J connectivity index is 2.12. The zero-order valence-corrected chi connectivity index (χ0v) is 12.4. The van der Waals surface area contributed by atoms with E-state index in [0.29, 0.717) is 6.04 Å². The van der Waals surface area contributed by atoms with Gasteiger partial charge in [-0.3, -0.25) is 0 Å². The van der Waals surface area contributed by atoms with Crippen LogP contribution in [-0.2, 0) is 6.42 Å². The van der Waals surface area contributed by atoms with Crippen molar-refractivity contribution in [3.63, 3.8) is 0 Å². The monoisotopic (exact) mass is 295 g/mol. The molecule has 0 saturated heterocycles. The average molecular weight is 296 g/mol. The number of hydrogen-bond acceptors (Lipinski definition) is 1.